The fourth-order valence-electron chi connectivity index (χ4n) is 1.70. The number of hydrogen-bond donors (Lipinski definition) is 2. The zero-order chi connectivity index (χ0) is 12.4. The Labute approximate surface area is 102 Å². The summed E-state index contributed by atoms with van der Waals surface area (Å²) >= 11 is 0. The molecule has 1 aromatic carbocycles. The smallest absolute Gasteiger partial charge is 0.288 e. The fraction of sp³-hybridized carbons (Fsp3) is 0.182. The van der Waals surface area contributed by atoms with E-state index in [2.05, 4.69) is 20.5 Å². The molecule has 2 N–H and O–H groups in total. The Hall–Kier alpha value is -2.57. The highest BCUT2D eigenvalue weighted by molar-refractivity contribution is 5.90. The summed E-state index contributed by atoms with van der Waals surface area (Å²) in [6.07, 6.45) is 1.28. The van der Waals surface area contributed by atoms with Crippen LogP contribution in [0.4, 0.5) is 0 Å². The zero-order valence-electron chi connectivity index (χ0n) is 9.34. The second-order valence-electron chi connectivity index (χ2n) is 3.67. The number of amides is 1. The molecule has 0 atom stereocenters. The maximum Gasteiger partial charge on any atom is 0.288 e. The standard InChI is InChI=1S/C11H10N4O3/c16-11(10-13-5-14-15-10)12-4-7-2-1-3-8-9(7)18-6-17-8/h1-3,5H,4,6H2,(H,12,16)(H,13,14,15). The number of fused-ring (bicyclic) bond motifs is 1. The lowest BCUT2D eigenvalue weighted by Crippen LogP contribution is -2.24. The lowest BCUT2D eigenvalue weighted by Gasteiger charge is -2.06. The van der Waals surface area contributed by atoms with Gasteiger partial charge in [0, 0.05) is 12.1 Å². The molecule has 1 aromatic heterocycles. The van der Waals surface area contributed by atoms with E-state index in [0.717, 1.165) is 5.56 Å². The highest BCUT2D eigenvalue weighted by atomic mass is 16.7. The van der Waals surface area contributed by atoms with Crippen LogP contribution in [0.5, 0.6) is 11.5 Å². The molecule has 0 saturated heterocycles. The second-order valence-corrected chi connectivity index (χ2v) is 3.67. The minimum Gasteiger partial charge on any atom is -0.454 e. The van der Waals surface area contributed by atoms with Gasteiger partial charge < -0.3 is 14.8 Å². The molecule has 18 heavy (non-hydrogen) atoms. The maximum absolute atomic E-state index is 11.7. The van der Waals surface area contributed by atoms with Crippen LogP contribution in [0, 0.1) is 0 Å². The lowest BCUT2D eigenvalue weighted by atomic mass is 10.2. The Morgan fingerprint density at radius 2 is 2.39 bits per heavy atom. The molecule has 0 bridgehead atoms. The van der Waals surface area contributed by atoms with Crippen LogP contribution in [-0.4, -0.2) is 27.9 Å². The van der Waals surface area contributed by atoms with Gasteiger partial charge in [-0.05, 0) is 6.07 Å². The summed E-state index contributed by atoms with van der Waals surface area (Å²) in [7, 11) is 0. The van der Waals surface area contributed by atoms with Crippen LogP contribution in [0.15, 0.2) is 24.5 Å². The first-order chi connectivity index (χ1) is 8.84. The maximum atomic E-state index is 11.7. The molecule has 0 fully saturated rings. The van der Waals surface area contributed by atoms with E-state index in [-0.39, 0.29) is 18.5 Å². The van der Waals surface area contributed by atoms with Crippen molar-refractivity contribution in [3.8, 4) is 11.5 Å². The van der Waals surface area contributed by atoms with Crippen molar-refractivity contribution in [1.82, 2.24) is 20.5 Å². The molecule has 1 aliphatic heterocycles. The number of para-hydroxylation sites is 1. The van der Waals surface area contributed by atoms with Gasteiger partial charge in [0.25, 0.3) is 5.91 Å². The van der Waals surface area contributed by atoms with E-state index >= 15 is 0 Å². The molecule has 0 saturated carbocycles. The summed E-state index contributed by atoms with van der Waals surface area (Å²) in [6.45, 7) is 0.550. The number of rotatable bonds is 3. The predicted molar refractivity (Wildman–Crippen MR) is 60.1 cm³/mol. The number of nitrogens with zero attached hydrogens (tertiary/aromatic N) is 2. The predicted octanol–water partition coefficient (Wildman–Crippen LogP) is 0.463. The number of benzene rings is 1. The normalized spacial score (nSPS) is 12.4. The Kier molecular flexibility index (Phi) is 2.56. The molecule has 7 heteroatoms. The monoisotopic (exact) mass is 246 g/mol. The number of ether oxygens (including phenoxy) is 2. The number of nitrogens with one attached hydrogen (secondary N) is 2. The van der Waals surface area contributed by atoms with Crippen LogP contribution in [-0.2, 0) is 6.54 Å². The Bertz CT molecular complexity index is 568. The average Bonchev–Trinajstić information content (AvgIpc) is 3.05. The van der Waals surface area contributed by atoms with E-state index in [1.165, 1.54) is 6.33 Å². The molecule has 92 valence electrons. The molecule has 3 rings (SSSR count). The summed E-state index contributed by atoms with van der Waals surface area (Å²) in [6, 6.07) is 5.54. The van der Waals surface area contributed by atoms with Crippen LogP contribution in [0.3, 0.4) is 0 Å². The van der Waals surface area contributed by atoms with Crippen molar-refractivity contribution in [2.75, 3.05) is 6.79 Å². The number of carbonyl (C=O) groups excluding carboxylic acids is 1. The van der Waals surface area contributed by atoms with Gasteiger partial charge in [-0.15, -0.1) is 0 Å². The van der Waals surface area contributed by atoms with Gasteiger partial charge in [0.15, 0.2) is 11.5 Å². The SMILES string of the molecule is O=C(NCc1cccc2c1OCO2)c1ncn[nH]1. The van der Waals surface area contributed by atoms with Crippen LogP contribution < -0.4 is 14.8 Å². The third-order valence-corrected chi connectivity index (χ3v) is 2.55. The number of carbonyl (C=O) groups is 1. The van der Waals surface area contributed by atoms with E-state index in [9.17, 15) is 4.79 Å². The number of aromatic nitrogens is 3. The molecule has 0 radical (unpaired) electrons. The van der Waals surface area contributed by atoms with Crippen molar-refractivity contribution in [3.05, 3.63) is 35.9 Å². The minimum atomic E-state index is -0.316. The van der Waals surface area contributed by atoms with E-state index < -0.39 is 0 Å². The summed E-state index contributed by atoms with van der Waals surface area (Å²) in [5, 5.41) is 8.83. The third kappa shape index (κ3) is 1.86. The van der Waals surface area contributed by atoms with Crippen molar-refractivity contribution >= 4 is 5.91 Å². The molecule has 1 aliphatic rings. The van der Waals surface area contributed by atoms with Crippen molar-refractivity contribution in [2.45, 2.75) is 6.54 Å². The van der Waals surface area contributed by atoms with Crippen molar-refractivity contribution in [2.24, 2.45) is 0 Å². The fourth-order valence-corrected chi connectivity index (χ4v) is 1.70. The Morgan fingerprint density at radius 1 is 1.44 bits per heavy atom. The molecule has 2 heterocycles. The largest absolute Gasteiger partial charge is 0.454 e. The summed E-state index contributed by atoms with van der Waals surface area (Å²) in [5.41, 5.74) is 0.859. The van der Waals surface area contributed by atoms with E-state index in [1.54, 1.807) is 0 Å². The van der Waals surface area contributed by atoms with Crippen molar-refractivity contribution in [3.63, 3.8) is 0 Å². The first kappa shape index (κ1) is 10.6. The molecular weight excluding hydrogens is 236 g/mol. The van der Waals surface area contributed by atoms with Gasteiger partial charge >= 0.3 is 0 Å². The van der Waals surface area contributed by atoms with Crippen LogP contribution >= 0.6 is 0 Å². The van der Waals surface area contributed by atoms with E-state index in [1.807, 2.05) is 18.2 Å². The average molecular weight is 246 g/mol. The topological polar surface area (TPSA) is 89.1 Å². The lowest BCUT2D eigenvalue weighted by molar-refractivity contribution is 0.0940. The molecule has 0 aliphatic carbocycles. The van der Waals surface area contributed by atoms with Crippen molar-refractivity contribution < 1.29 is 14.3 Å². The molecular formula is C11H10N4O3. The molecule has 0 spiro atoms. The molecule has 7 nitrogen and oxygen atoms in total. The number of H-pyrrole nitrogens is 1. The van der Waals surface area contributed by atoms with Crippen LogP contribution in [0.25, 0.3) is 0 Å². The third-order valence-electron chi connectivity index (χ3n) is 2.55. The van der Waals surface area contributed by atoms with Crippen LogP contribution in [0.2, 0.25) is 0 Å². The van der Waals surface area contributed by atoms with Gasteiger partial charge in [-0.2, -0.15) is 5.10 Å². The first-order valence-electron chi connectivity index (χ1n) is 5.35. The van der Waals surface area contributed by atoms with Gasteiger partial charge in [0.2, 0.25) is 12.6 Å². The number of aromatic amines is 1. The quantitative estimate of drug-likeness (QED) is 0.821. The van der Waals surface area contributed by atoms with Gasteiger partial charge in [0.1, 0.15) is 6.33 Å². The van der Waals surface area contributed by atoms with Gasteiger partial charge in [0.05, 0.1) is 0 Å². The van der Waals surface area contributed by atoms with E-state index in [0.29, 0.717) is 18.0 Å². The molecule has 2 aromatic rings. The van der Waals surface area contributed by atoms with Crippen LogP contribution in [0.1, 0.15) is 16.2 Å². The zero-order valence-corrected chi connectivity index (χ0v) is 9.34. The highest BCUT2D eigenvalue weighted by Crippen LogP contribution is 2.35. The summed E-state index contributed by atoms with van der Waals surface area (Å²) in [4.78, 5) is 15.4. The van der Waals surface area contributed by atoms with Crippen molar-refractivity contribution in [1.29, 1.82) is 0 Å². The summed E-state index contributed by atoms with van der Waals surface area (Å²) in [5.74, 6) is 1.24. The highest BCUT2D eigenvalue weighted by Gasteiger charge is 2.17. The Morgan fingerprint density at radius 3 is 3.22 bits per heavy atom. The summed E-state index contributed by atoms with van der Waals surface area (Å²) < 4.78 is 10.6. The first-order valence-corrected chi connectivity index (χ1v) is 5.35. The minimum absolute atomic E-state index is 0.180. The van der Waals surface area contributed by atoms with Gasteiger partial charge in [-0.1, -0.05) is 12.1 Å². The molecule has 1 amide bonds. The van der Waals surface area contributed by atoms with E-state index in [4.69, 9.17) is 9.47 Å². The van der Waals surface area contributed by atoms with Gasteiger partial charge in [-0.25, -0.2) is 4.98 Å². The number of hydrogen-bond acceptors (Lipinski definition) is 5. The van der Waals surface area contributed by atoms with Gasteiger partial charge in [-0.3, -0.25) is 9.89 Å². The Balaban J connectivity index is 1.71. The molecule has 0 unspecified atom stereocenters. The second kappa shape index (κ2) is 4.36.